The standard InChI is InChI=1S/C10H17/c1-9(2)10(3)7-5-4-6-8-10/h1,3-8H2,2H3. The zero-order chi connectivity index (χ0) is 7.61. The minimum absolute atomic E-state index is 0.234. The summed E-state index contributed by atoms with van der Waals surface area (Å²) in [5.41, 5.74) is 1.50. The van der Waals surface area contributed by atoms with E-state index in [1.807, 2.05) is 0 Å². The summed E-state index contributed by atoms with van der Waals surface area (Å²) in [5, 5.41) is 0. The fraction of sp³-hybridized carbons (Fsp3) is 0.700. The van der Waals surface area contributed by atoms with E-state index in [1.54, 1.807) is 0 Å². The molecule has 1 fully saturated rings. The summed E-state index contributed by atoms with van der Waals surface area (Å²) in [6, 6.07) is 0. The van der Waals surface area contributed by atoms with Gasteiger partial charge in [-0.25, -0.2) is 0 Å². The largest absolute Gasteiger partial charge is 0.0996 e. The Morgan fingerprint density at radius 3 is 2.00 bits per heavy atom. The quantitative estimate of drug-likeness (QED) is 0.486. The Kier molecular flexibility index (Phi) is 2.18. The van der Waals surface area contributed by atoms with E-state index < -0.39 is 0 Å². The summed E-state index contributed by atoms with van der Waals surface area (Å²) in [5.74, 6) is 0. The average Bonchev–Trinajstić information content (AvgIpc) is 1.89. The van der Waals surface area contributed by atoms with Crippen molar-refractivity contribution < 1.29 is 0 Å². The molecule has 0 N–H and O–H groups in total. The maximum atomic E-state index is 4.23. The SMILES string of the molecule is [CH2]C1(C(=C)C)CCCCC1. The zero-order valence-electron chi connectivity index (χ0n) is 6.95. The van der Waals surface area contributed by atoms with Gasteiger partial charge >= 0.3 is 0 Å². The maximum Gasteiger partial charge on any atom is -0.00932 e. The van der Waals surface area contributed by atoms with Gasteiger partial charge in [0.15, 0.2) is 0 Å². The Balaban J connectivity index is 2.56. The highest BCUT2D eigenvalue weighted by atomic mass is 14.3. The van der Waals surface area contributed by atoms with E-state index in [2.05, 4.69) is 20.4 Å². The van der Waals surface area contributed by atoms with Crippen LogP contribution in [0.2, 0.25) is 0 Å². The molecule has 0 aromatic carbocycles. The van der Waals surface area contributed by atoms with Gasteiger partial charge in [-0.3, -0.25) is 0 Å². The van der Waals surface area contributed by atoms with Crippen LogP contribution >= 0.6 is 0 Å². The van der Waals surface area contributed by atoms with Gasteiger partial charge in [0.05, 0.1) is 0 Å². The predicted molar refractivity (Wildman–Crippen MR) is 45.7 cm³/mol. The molecule has 1 aliphatic rings. The van der Waals surface area contributed by atoms with E-state index in [0.717, 1.165) is 0 Å². The van der Waals surface area contributed by atoms with Crippen LogP contribution in [0.4, 0.5) is 0 Å². The van der Waals surface area contributed by atoms with Crippen molar-refractivity contribution in [1.29, 1.82) is 0 Å². The molecule has 0 amide bonds. The van der Waals surface area contributed by atoms with Gasteiger partial charge in [-0.15, -0.1) is 0 Å². The van der Waals surface area contributed by atoms with Gasteiger partial charge < -0.3 is 0 Å². The summed E-state index contributed by atoms with van der Waals surface area (Å²) in [7, 11) is 0. The van der Waals surface area contributed by atoms with Crippen molar-refractivity contribution in [3.63, 3.8) is 0 Å². The summed E-state index contributed by atoms with van der Waals surface area (Å²) in [4.78, 5) is 0. The van der Waals surface area contributed by atoms with Crippen molar-refractivity contribution in [3.05, 3.63) is 19.1 Å². The number of hydrogen-bond donors (Lipinski definition) is 0. The monoisotopic (exact) mass is 137 g/mol. The van der Waals surface area contributed by atoms with Crippen molar-refractivity contribution in [1.82, 2.24) is 0 Å². The molecular weight excluding hydrogens is 120 g/mol. The Bertz CT molecular complexity index is 127. The third-order valence-electron chi connectivity index (χ3n) is 2.72. The molecular formula is C10H17. The normalized spacial score (nSPS) is 24.2. The van der Waals surface area contributed by atoms with Crippen LogP contribution in [0.3, 0.4) is 0 Å². The van der Waals surface area contributed by atoms with E-state index in [0.29, 0.717) is 0 Å². The van der Waals surface area contributed by atoms with Crippen LogP contribution < -0.4 is 0 Å². The smallest absolute Gasteiger partial charge is 0.00932 e. The van der Waals surface area contributed by atoms with Crippen LogP contribution in [-0.2, 0) is 0 Å². The Morgan fingerprint density at radius 1 is 1.20 bits per heavy atom. The highest BCUT2D eigenvalue weighted by Gasteiger charge is 2.26. The first-order chi connectivity index (χ1) is 4.65. The molecule has 0 saturated heterocycles. The van der Waals surface area contributed by atoms with Gasteiger partial charge in [0, 0.05) is 0 Å². The van der Waals surface area contributed by atoms with E-state index in [9.17, 15) is 0 Å². The predicted octanol–water partition coefficient (Wildman–Crippen LogP) is 3.35. The first-order valence-electron chi connectivity index (χ1n) is 4.16. The van der Waals surface area contributed by atoms with E-state index in [4.69, 9.17) is 0 Å². The fourth-order valence-corrected chi connectivity index (χ4v) is 1.66. The van der Waals surface area contributed by atoms with Gasteiger partial charge in [0.25, 0.3) is 0 Å². The number of hydrogen-bond acceptors (Lipinski definition) is 0. The molecule has 0 aromatic rings. The lowest BCUT2D eigenvalue weighted by atomic mass is 9.72. The van der Waals surface area contributed by atoms with E-state index in [1.165, 1.54) is 37.7 Å². The van der Waals surface area contributed by atoms with Gasteiger partial charge in [0.2, 0.25) is 0 Å². The van der Waals surface area contributed by atoms with Crippen molar-refractivity contribution in [2.24, 2.45) is 5.41 Å². The van der Waals surface area contributed by atoms with Crippen LogP contribution in [0.5, 0.6) is 0 Å². The minimum Gasteiger partial charge on any atom is -0.0996 e. The van der Waals surface area contributed by atoms with Crippen molar-refractivity contribution >= 4 is 0 Å². The lowest BCUT2D eigenvalue weighted by Crippen LogP contribution is -2.20. The topological polar surface area (TPSA) is 0 Å². The molecule has 57 valence electrons. The lowest BCUT2D eigenvalue weighted by molar-refractivity contribution is 0.305. The highest BCUT2D eigenvalue weighted by Crippen LogP contribution is 2.40. The van der Waals surface area contributed by atoms with Crippen LogP contribution in [0.25, 0.3) is 0 Å². The minimum atomic E-state index is 0.234. The van der Waals surface area contributed by atoms with Gasteiger partial charge in [0.1, 0.15) is 0 Å². The number of allylic oxidation sites excluding steroid dienone is 1. The summed E-state index contributed by atoms with van der Waals surface area (Å²) < 4.78 is 0. The average molecular weight is 137 g/mol. The summed E-state index contributed by atoms with van der Waals surface area (Å²) in [6.45, 7) is 10.3. The van der Waals surface area contributed by atoms with Crippen LogP contribution in [-0.4, -0.2) is 0 Å². The van der Waals surface area contributed by atoms with Crippen molar-refractivity contribution in [2.45, 2.75) is 39.0 Å². The van der Waals surface area contributed by atoms with Crippen LogP contribution in [0.15, 0.2) is 12.2 Å². The first kappa shape index (κ1) is 7.84. The molecule has 0 heteroatoms. The van der Waals surface area contributed by atoms with Crippen LogP contribution in [0, 0.1) is 12.3 Å². The molecule has 0 aromatic heterocycles. The highest BCUT2D eigenvalue weighted by molar-refractivity contribution is 5.10. The summed E-state index contributed by atoms with van der Waals surface area (Å²) >= 11 is 0. The molecule has 0 atom stereocenters. The van der Waals surface area contributed by atoms with E-state index >= 15 is 0 Å². The van der Waals surface area contributed by atoms with Gasteiger partial charge in [-0.05, 0) is 32.1 Å². The Hall–Kier alpha value is -0.260. The van der Waals surface area contributed by atoms with Gasteiger partial charge in [-0.1, -0.05) is 31.4 Å². The van der Waals surface area contributed by atoms with Gasteiger partial charge in [-0.2, -0.15) is 0 Å². The molecule has 0 bridgehead atoms. The van der Waals surface area contributed by atoms with E-state index in [-0.39, 0.29) is 5.41 Å². The first-order valence-corrected chi connectivity index (χ1v) is 4.16. The molecule has 1 rings (SSSR count). The molecule has 1 radical (unpaired) electrons. The molecule has 1 saturated carbocycles. The third kappa shape index (κ3) is 1.42. The molecule has 0 unspecified atom stereocenters. The molecule has 0 nitrogen and oxygen atoms in total. The molecule has 0 spiro atoms. The fourth-order valence-electron chi connectivity index (χ4n) is 1.66. The second-order valence-electron chi connectivity index (χ2n) is 3.62. The van der Waals surface area contributed by atoms with Crippen molar-refractivity contribution in [3.8, 4) is 0 Å². The maximum absolute atomic E-state index is 4.23. The summed E-state index contributed by atoms with van der Waals surface area (Å²) in [6.07, 6.45) is 6.59. The second kappa shape index (κ2) is 2.77. The van der Waals surface area contributed by atoms with Crippen molar-refractivity contribution in [2.75, 3.05) is 0 Å². The molecule has 1 aliphatic carbocycles. The Labute approximate surface area is 64.3 Å². The molecule has 10 heavy (non-hydrogen) atoms. The number of rotatable bonds is 1. The lowest BCUT2D eigenvalue weighted by Gasteiger charge is -2.33. The molecule has 0 heterocycles. The zero-order valence-corrected chi connectivity index (χ0v) is 6.95. The Morgan fingerprint density at radius 2 is 1.70 bits per heavy atom. The molecule has 0 aliphatic heterocycles. The second-order valence-corrected chi connectivity index (χ2v) is 3.62. The third-order valence-corrected chi connectivity index (χ3v) is 2.72. The van der Waals surface area contributed by atoms with Crippen LogP contribution in [0.1, 0.15) is 39.0 Å².